The molecule has 1 aliphatic rings. The topological polar surface area (TPSA) is 75.5 Å². The SMILES string of the molecule is CC[C@@H](C)c1ccccc1NC(=O)c1ccc(N2CCCC2)c([N+](=O)[O-])c1. The van der Waals surface area contributed by atoms with E-state index in [2.05, 4.69) is 19.2 Å². The van der Waals surface area contributed by atoms with Crippen molar-refractivity contribution < 1.29 is 9.72 Å². The summed E-state index contributed by atoms with van der Waals surface area (Å²) in [6.07, 6.45) is 3.03. The number of carbonyl (C=O) groups excluding carboxylic acids is 1. The first-order valence-electron chi connectivity index (χ1n) is 9.45. The van der Waals surface area contributed by atoms with Crippen LogP contribution in [0, 0.1) is 10.1 Å². The normalized spacial score (nSPS) is 14.8. The predicted molar refractivity (Wildman–Crippen MR) is 108 cm³/mol. The van der Waals surface area contributed by atoms with E-state index in [9.17, 15) is 14.9 Å². The Morgan fingerprint density at radius 3 is 2.59 bits per heavy atom. The van der Waals surface area contributed by atoms with Crippen LogP contribution in [-0.2, 0) is 0 Å². The summed E-state index contributed by atoms with van der Waals surface area (Å²) >= 11 is 0. The van der Waals surface area contributed by atoms with E-state index >= 15 is 0 Å². The molecule has 1 fully saturated rings. The molecule has 0 unspecified atom stereocenters. The molecular weight excluding hydrogens is 342 g/mol. The van der Waals surface area contributed by atoms with E-state index in [1.54, 1.807) is 12.1 Å². The lowest BCUT2D eigenvalue weighted by Crippen LogP contribution is -2.20. The van der Waals surface area contributed by atoms with Crippen molar-refractivity contribution >= 4 is 23.0 Å². The average molecular weight is 367 g/mol. The number of para-hydroxylation sites is 1. The van der Waals surface area contributed by atoms with Gasteiger partial charge in [0.15, 0.2) is 0 Å². The summed E-state index contributed by atoms with van der Waals surface area (Å²) in [5, 5.41) is 14.5. The average Bonchev–Trinajstić information content (AvgIpc) is 3.22. The van der Waals surface area contributed by atoms with Crippen molar-refractivity contribution in [1.82, 2.24) is 0 Å². The summed E-state index contributed by atoms with van der Waals surface area (Å²) in [6.45, 7) is 5.84. The molecule has 0 saturated carbocycles. The fourth-order valence-corrected chi connectivity index (χ4v) is 3.49. The zero-order chi connectivity index (χ0) is 19.4. The number of carbonyl (C=O) groups is 1. The summed E-state index contributed by atoms with van der Waals surface area (Å²) < 4.78 is 0. The van der Waals surface area contributed by atoms with Crippen LogP contribution < -0.4 is 10.2 Å². The van der Waals surface area contributed by atoms with E-state index in [4.69, 9.17) is 0 Å². The maximum absolute atomic E-state index is 12.7. The highest BCUT2D eigenvalue weighted by Gasteiger charge is 2.24. The Labute approximate surface area is 159 Å². The van der Waals surface area contributed by atoms with E-state index < -0.39 is 4.92 Å². The summed E-state index contributed by atoms with van der Waals surface area (Å²) in [6, 6.07) is 12.4. The minimum absolute atomic E-state index is 0.0141. The van der Waals surface area contributed by atoms with Crippen molar-refractivity contribution in [3.63, 3.8) is 0 Å². The van der Waals surface area contributed by atoms with E-state index in [0.717, 1.165) is 43.6 Å². The van der Waals surface area contributed by atoms with E-state index in [1.807, 2.05) is 29.2 Å². The third-order valence-corrected chi connectivity index (χ3v) is 5.23. The number of nitro benzene ring substituents is 1. The maximum Gasteiger partial charge on any atom is 0.293 e. The van der Waals surface area contributed by atoms with Gasteiger partial charge in [0.05, 0.1) is 4.92 Å². The van der Waals surface area contributed by atoms with Crippen LogP contribution in [0.4, 0.5) is 17.1 Å². The monoisotopic (exact) mass is 367 g/mol. The van der Waals surface area contributed by atoms with Crippen LogP contribution in [0.25, 0.3) is 0 Å². The second-order valence-corrected chi connectivity index (χ2v) is 7.01. The van der Waals surface area contributed by atoms with Gasteiger partial charge in [-0.3, -0.25) is 14.9 Å². The van der Waals surface area contributed by atoms with Gasteiger partial charge in [-0.15, -0.1) is 0 Å². The first-order chi connectivity index (χ1) is 13.0. The Kier molecular flexibility index (Phi) is 5.74. The van der Waals surface area contributed by atoms with Crippen LogP contribution in [0.15, 0.2) is 42.5 Å². The molecule has 1 heterocycles. The number of nitrogens with zero attached hydrogens (tertiary/aromatic N) is 2. The summed E-state index contributed by atoms with van der Waals surface area (Å²) in [5.41, 5.74) is 2.69. The van der Waals surface area contributed by atoms with Gasteiger partial charge in [-0.2, -0.15) is 0 Å². The van der Waals surface area contributed by atoms with Crippen molar-refractivity contribution in [3.8, 4) is 0 Å². The standard InChI is InChI=1S/C21H25N3O3/c1-3-15(2)17-8-4-5-9-18(17)22-21(25)16-10-11-19(20(14-16)24(26)27)23-12-6-7-13-23/h4-5,8-11,14-15H,3,6-7,12-13H2,1-2H3,(H,22,25)/t15-/m1/s1. The second kappa shape index (κ2) is 8.20. The lowest BCUT2D eigenvalue weighted by molar-refractivity contribution is -0.384. The van der Waals surface area contributed by atoms with Crippen LogP contribution in [-0.4, -0.2) is 23.9 Å². The molecule has 0 aromatic heterocycles. The Morgan fingerprint density at radius 1 is 1.22 bits per heavy atom. The Bertz CT molecular complexity index is 844. The first kappa shape index (κ1) is 18.9. The number of benzene rings is 2. The van der Waals surface area contributed by atoms with Crippen LogP contribution in [0.3, 0.4) is 0 Å². The van der Waals surface area contributed by atoms with Crippen LogP contribution in [0.2, 0.25) is 0 Å². The number of hydrogen-bond acceptors (Lipinski definition) is 4. The fourth-order valence-electron chi connectivity index (χ4n) is 3.49. The Hall–Kier alpha value is -2.89. The third-order valence-electron chi connectivity index (χ3n) is 5.23. The van der Waals surface area contributed by atoms with Crippen LogP contribution in [0.5, 0.6) is 0 Å². The molecule has 0 spiro atoms. The number of nitro groups is 1. The van der Waals surface area contributed by atoms with E-state index in [1.165, 1.54) is 6.07 Å². The van der Waals surface area contributed by atoms with Gasteiger partial charge in [0.2, 0.25) is 0 Å². The van der Waals surface area contributed by atoms with Gasteiger partial charge in [-0.1, -0.05) is 32.0 Å². The largest absolute Gasteiger partial charge is 0.366 e. The highest BCUT2D eigenvalue weighted by Crippen LogP contribution is 2.32. The molecule has 27 heavy (non-hydrogen) atoms. The maximum atomic E-state index is 12.7. The van der Waals surface area contributed by atoms with Crippen LogP contribution in [0.1, 0.15) is 54.9 Å². The Morgan fingerprint density at radius 2 is 1.93 bits per heavy atom. The molecule has 142 valence electrons. The minimum atomic E-state index is -0.405. The number of rotatable bonds is 6. The smallest absolute Gasteiger partial charge is 0.293 e. The number of anilines is 2. The first-order valence-corrected chi connectivity index (χ1v) is 9.45. The van der Waals surface area contributed by atoms with Gasteiger partial charge in [0, 0.05) is 30.4 Å². The van der Waals surface area contributed by atoms with Gasteiger partial charge in [-0.25, -0.2) is 0 Å². The van der Waals surface area contributed by atoms with E-state index in [0.29, 0.717) is 17.2 Å². The zero-order valence-electron chi connectivity index (χ0n) is 15.8. The highest BCUT2D eigenvalue weighted by molar-refractivity contribution is 6.05. The van der Waals surface area contributed by atoms with Crippen molar-refractivity contribution in [3.05, 3.63) is 63.7 Å². The number of hydrogen-bond donors (Lipinski definition) is 1. The van der Waals surface area contributed by atoms with Gasteiger partial charge in [0.1, 0.15) is 5.69 Å². The lowest BCUT2D eigenvalue weighted by Gasteiger charge is -2.18. The highest BCUT2D eigenvalue weighted by atomic mass is 16.6. The molecule has 1 aliphatic heterocycles. The molecule has 0 radical (unpaired) electrons. The van der Waals surface area contributed by atoms with Crippen molar-refractivity contribution in [2.75, 3.05) is 23.3 Å². The third kappa shape index (κ3) is 4.10. The Balaban J connectivity index is 1.87. The summed E-state index contributed by atoms with van der Waals surface area (Å²) in [5.74, 6) is -0.0183. The van der Waals surface area contributed by atoms with E-state index in [-0.39, 0.29) is 11.6 Å². The molecule has 6 nitrogen and oxygen atoms in total. The molecule has 2 aromatic rings. The van der Waals surface area contributed by atoms with Crippen molar-refractivity contribution in [2.24, 2.45) is 0 Å². The molecule has 3 rings (SSSR count). The molecule has 1 saturated heterocycles. The zero-order valence-corrected chi connectivity index (χ0v) is 15.8. The number of nitrogens with one attached hydrogen (secondary N) is 1. The minimum Gasteiger partial charge on any atom is -0.366 e. The molecule has 1 atom stereocenters. The van der Waals surface area contributed by atoms with Crippen LogP contribution >= 0.6 is 0 Å². The molecule has 1 amide bonds. The molecule has 6 heteroatoms. The summed E-state index contributed by atoms with van der Waals surface area (Å²) in [7, 11) is 0. The molecule has 2 aromatic carbocycles. The van der Waals surface area contributed by atoms with Crippen molar-refractivity contribution in [2.45, 2.75) is 39.0 Å². The predicted octanol–water partition coefficient (Wildman–Crippen LogP) is 4.96. The van der Waals surface area contributed by atoms with Crippen molar-refractivity contribution in [1.29, 1.82) is 0 Å². The van der Waals surface area contributed by atoms with Gasteiger partial charge < -0.3 is 10.2 Å². The van der Waals surface area contributed by atoms with Gasteiger partial charge in [-0.05, 0) is 48.9 Å². The molecule has 0 aliphatic carbocycles. The van der Waals surface area contributed by atoms with Gasteiger partial charge in [0.25, 0.3) is 11.6 Å². The fraction of sp³-hybridized carbons (Fsp3) is 0.381. The molecule has 1 N–H and O–H groups in total. The summed E-state index contributed by atoms with van der Waals surface area (Å²) in [4.78, 5) is 25.9. The second-order valence-electron chi connectivity index (χ2n) is 7.01. The number of amides is 1. The molecular formula is C21H25N3O3. The van der Waals surface area contributed by atoms with Gasteiger partial charge >= 0.3 is 0 Å². The quantitative estimate of drug-likeness (QED) is 0.578. The molecule has 0 bridgehead atoms. The lowest BCUT2D eigenvalue weighted by atomic mass is 9.96.